The number of carboxylic acid groups (broad SMARTS) is 1. The second kappa shape index (κ2) is 4.66. The molecule has 0 bridgehead atoms. The first kappa shape index (κ1) is 14.3. The van der Waals surface area contributed by atoms with Crippen LogP contribution in [0.4, 0.5) is 0 Å². The van der Waals surface area contributed by atoms with Gasteiger partial charge in [0.15, 0.2) is 0 Å². The molecule has 1 N–H and O–H groups in total. The van der Waals surface area contributed by atoms with Gasteiger partial charge in [-0.15, -0.1) is 11.3 Å². The third kappa shape index (κ3) is 2.00. The Bertz CT molecular complexity index is 801. The van der Waals surface area contributed by atoms with Crippen LogP contribution in [0.15, 0.2) is 4.79 Å². The maximum atomic E-state index is 12.9. The van der Waals surface area contributed by atoms with Gasteiger partial charge in [-0.05, 0) is 52.0 Å². The Morgan fingerprint density at radius 1 is 1.33 bits per heavy atom. The molecule has 1 aliphatic rings. The molecule has 0 atom stereocenters. The third-order valence-electron chi connectivity index (χ3n) is 4.24. The number of thiophene rings is 1. The Hall–Kier alpha value is -1.69. The number of aromatic nitrogens is 2. The van der Waals surface area contributed by atoms with Crippen LogP contribution in [0.3, 0.4) is 0 Å². The molecule has 21 heavy (non-hydrogen) atoms. The van der Waals surface area contributed by atoms with E-state index in [1.54, 1.807) is 18.3 Å². The predicted octanol–water partition coefficient (Wildman–Crippen LogP) is 2.46. The summed E-state index contributed by atoms with van der Waals surface area (Å²) in [7, 11) is 0. The van der Waals surface area contributed by atoms with E-state index < -0.39 is 11.5 Å². The van der Waals surface area contributed by atoms with E-state index in [1.165, 1.54) is 23.3 Å². The fourth-order valence-electron chi connectivity index (χ4n) is 3.06. The van der Waals surface area contributed by atoms with Crippen LogP contribution in [-0.4, -0.2) is 20.6 Å². The monoisotopic (exact) mass is 306 g/mol. The van der Waals surface area contributed by atoms with E-state index in [0.717, 1.165) is 36.1 Å². The van der Waals surface area contributed by atoms with Gasteiger partial charge in [0, 0.05) is 4.88 Å². The zero-order valence-electron chi connectivity index (χ0n) is 12.4. The molecule has 0 saturated carbocycles. The van der Waals surface area contributed by atoms with Crippen molar-refractivity contribution in [3.63, 3.8) is 0 Å². The number of fused-ring (bicyclic) bond motifs is 3. The molecule has 2 heterocycles. The highest BCUT2D eigenvalue weighted by Crippen LogP contribution is 2.34. The van der Waals surface area contributed by atoms with Gasteiger partial charge in [-0.2, -0.15) is 0 Å². The minimum absolute atomic E-state index is 0.218. The van der Waals surface area contributed by atoms with Crippen molar-refractivity contribution >= 4 is 27.5 Å². The van der Waals surface area contributed by atoms with Gasteiger partial charge < -0.3 is 5.11 Å². The summed E-state index contributed by atoms with van der Waals surface area (Å²) >= 11 is 1.58. The second-order valence-corrected chi connectivity index (χ2v) is 7.14. The van der Waals surface area contributed by atoms with Crippen molar-refractivity contribution < 1.29 is 9.90 Å². The van der Waals surface area contributed by atoms with Crippen LogP contribution in [0.2, 0.25) is 0 Å². The molecule has 0 radical (unpaired) electrons. The van der Waals surface area contributed by atoms with Crippen LogP contribution >= 0.6 is 11.3 Å². The molecule has 0 aliphatic heterocycles. The molecule has 1 aliphatic carbocycles. The largest absolute Gasteiger partial charge is 0.480 e. The number of nitrogens with zero attached hydrogens (tertiary/aromatic N) is 2. The number of hydrogen-bond acceptors (Lipinski definition) is 4. The first-order chi connectivity index (χ1) is 9.84. The topological polar surface area (TPSA) is 72.2 Å². The molecule has 112 valence electrons. The predicted molar refractivity (Wildman–Crippen MR) is 82.2 cm³/mol. The van der Waals surface area contributed by atoms with Gasteiger partial charge in [-0.1, -0.05) is 0 Å². The van der Waals surface area contributed by atoms with Crippen molar-refractivity contribution in [1.29, 1.82) is 0 Å². The summed E-state index contributed by atoms with van der Waals surface area (Å²) in [5.41, 5.74) is -0.427. The zero-order valence-corrected chi connectivity index (χ0v) is 13.2. The smallest absolute Gasteiger partial charge is 0.329 e. The molecule has 5 nitrogen and oxygen atoms in total. The van der Waals surface area contributed by atoms with E-state index in [0.29, 0.717) is 11.2 Å². The molecule has 0 unspecified atom stereocenters. The molecule has 0 fully saturated rings. The van der Waals surface area contributed by atoms with Gasteiger partial charge >= 0.3 is 5.97 Å². The standard InChI is InChI=1S/C15H18N2O3S/c1-8-16-12-11(9-6-4-5-7-10(9)21-12)13(18)17(8)15(2,3)14(19)20/h4-7H2,1-3H3,(H,19,20). The zero-order chi connectivity index (χ0) is 15.4. The maximum absolute atomic E-state index is 12.9. The van der Waals surface area contributed by atoms with Crippen molar-refractivity contribution in [2.75, 3.05) is 0 Å². The lowest BCUT2D eigenvalue weighted by Gasteiger charge is -2.24. The minimum Gasteiger partial charge on any atom is -0.480 e. The molecule has 0 spiro atoms. The van der Waals surface area contributed by atoms with Gasteiger partial charge in [0.25, 0.3) is 5.56 Å². The summed E-state index contributed by atoms with van der Waals surface area (Å²) < 4.78 is 1.32. The SMILES string of the molecule is Cc1nc2sc3c(c2c(=O)n1C(C)(C)C(=O)O)CCCC3. The average molecular weight is 306 g/mol. The molecule has 3 rings (SSSR count). The van der Waals surface area contributed by atoms with Crippen LogP contribution in [0.25, 0.3) is 10.2 Å². The average Bonchev–Trinajstić information content (AvgIpc) is 2.75. The van der Waals surface area contributed by atoms with Crippen LogP contribution in [0.5, 0.6) is 0 Å². The molecule has 6 heteroatoms. The normalized spacial score (nSPS) is 15.2. The quantitative estimate of drug-likeness (QED) is 0.925. The molecule has 0 saturated heterocycles. The van der Waals surface area contributed by atoms with Crippen molar-refractivity contribution in [2.45, 2.75) is 52.0 Å². The Morgan fingerprint density at radius 3 is 2.67 bits per heavy atom. The van der Waals surface area contributed by atoms with Gasteiger partial charge in [0.05, 0.1) is 5.39 Å². The molecule has 0 aromatic carbocycles. The summed E-state index contributed by atoms with van der Waals surface area (Å²) in [6, 6.07) is 0. The molecule has 2 aromatic rings. The number of aliphatic carboxylic acids is 1. The van der Waals surface area contributed by atoms with E-state index in [-0.39, 0.29) is 5.56 Å². The molecular formula is C15H18N2O3S. The van der Waals surface area contributed by atoms with Gasteiger partial charge in [-0.3, -0.25) is 9.36 Å². The van der Waals surface area contributed by atoms with Crippen molar-refractivity contribution in [3.05, 3.63) is 26.6 Å². The summed E-state index contributed by atoms with van der Waals surface area (Å²) in [5, 5.41) is 10.1. The second-order valence-electron chi connectivity index (χ2n) is 6.05. The van der Waals surface area contributed by atoms with Crippen molar-refractivity contribution in [2.24, 2.45) is 0 Å². The Morgan fingerprint density at radius 2 is 2.00 bits per heavy atom. The minimum atomic E-state index is -1.30. The highest BCUT2D eigenvalue weighted by Gasteiger charge is 2.34. The fourth-order valence-corrected chi connectivity index (χ4v) is 4.36. The number of carbonyl (C=O) groups is 1. The van der Waals surface area contributed by atoms with Gasteiger partial charge in [-0.25, -0.2) is 9.78 Å². The van der Waals surface area contributed by atoms with Gasteiger partial charge in [0.1, 0.15) is 16.2 Å². The molecule has 0 amide bonds. The van der Waals surface area contributed by atoms with Crippen LogP contribution < -0.4 is 5.56 Å². The summed E-state index contributed by atoms with van der Waals surface area (Å²) in [6.45, 7) is 4.77. The summed E-state index contributed by atoms with van der Waals surface area (Å²) in [6.07, 6.45) is 4.11. The maximum Gasteiger partial charge on any atom is 0.329 e. The highest BCUT2D eigenvalue weighted by atomic mass is 32.1. The number of aryl methyl sites for hydroxylation is 3. The van der Waals surface area contributed by atoms with Crippen molar-refractivity contribution in [3.8, 4) is 0 Å². The van der Waals surface area contributed by atoms with E-state index in [2.05, 4.69) is 4.98 Å². The van der Waals surface area contributed by atoms with Crippen LogP contribution in [0.1, 0.15) is 43.0 Å². The van der Waals surface area contributed by atoms with Crippen molar-refractivity contribution in [1.82, 2.24) is 9.55 Å². The lowest BCUT2D eigenvalue weighted by molar-refractivity contribution is -0.145. The van der Waals surface area contributed by atoms with E-state index in [1.807, 2.05) is 0 Å². The lowest BCUT2D eigenvalue weighted by Crippen LogP contribution is -2.44. The van der Waals surface area contributed by atoms with Crippen LogP contribution in [-0.2, 0) is 23.2 Å². The Balaban J connectivity index is 2.38. The van der Waals surface area contributed by atoms with E-state index >= 15 is 0 Å². The Labute approximate surface area is 126 Å². The van der Waals surface area contributed by atoms with E-state index in [4.69, 9.17) is 0 Å². The molecular weight excluding hydrogens is 288 g/mol. The summed E-state index contributed by atoms with van der Waals surface area (Å²) in [4.78, 5) is 30.9. The number of carboxylic acids is 1. The molecule has 2 aromatic heterocycles. The lowest BCUT2D eigenvalue weighted by atomic mass is 9.97. The summed E-state index contributed by atoms with van der Waals surface area (Å²) in [5.74, 6) is -0.573. The number of rotatable bonds is 2. The van der Waals surface area contributed by atoms with Gasteiger partial charge in [0.2, 0.25) is 0 Å². The highest BCUT2D eigenvalue weighted by molar-refractivity contribution is 7.18. The Kier molecular flexibility index (Phi) is 3.16. The number of hydrogen-bond donors (Lipinski definition) is 1. The first-order valence-corrected chi connectivity index (χ1v) is 7.93. The fraction of sp³-hybridized carbons (Fsp3) is 0.533. The van der Waals surface area contributed by atoms with E-state index in [9.17, 15) is 14.7 Å². The first-order valence-electron chi connectivity index (χ1n) is 7.12. The third-order valence-corrected chi connectivity index (χ3v) is 5.42. The van der Waals surface area contributed by atoms with Crippen LogP contribution in [0, 0.1) is 6.92 Å².